The zero-order valence-corrected chi connectivity index (χ0v) is 11.2. The number of aryl methyl sites for hydroxylation is 1. The van der Waals surface area contributed by atoms with Crippen molar-refractivity contribution in [2.75, 3.05) is 5.32 Å². The van der Waals surface area contributed by atoms with E-state index in [-0.39, 0.29) is 11.4 Å². The normalized spacial score (nSPS) is 10.1. The number of amides is 1. The van der Waals surface area contributed by atoms with E-state index in [9.17, 15) is 9.90 Å². The lowest BCUT2D eigenvalue weighted by Crippen LogP contribution is -2.14. The van der Waals surface area contributed by atoms with Gasteiger partial charge in [-0.3, -0.25) is 4.79 Å². The second-order valence-electron chi connectivity index (χ2n) is 3.81. The Morgan fingerprint density at radius 3 is 2.83 bits per heavy atom. The molecule has 0 radical (unpaired) electrons. The Bertz CT molecular complexity index is 599. The third-order valence-corrected chi connectivity index (χ3v) is 3.03. The minimum Gasteiger partial charge on any atom is -0.505 e. The average molecular weight is 307 g/mol. The zero-order chi connectivity index (χ0) is 13.1. The molecule has 1 aromatic carbocycles. The lowest BCUT2D eigenvalue weighted by atomic mass is 10.2. The summed E-state index contributed by atoms with van der Waals surface area (Å²) in [5, 5.41) is 12.2. The fraction of sp³-hybridized carbons (Fsp3) is 0.0769. The molecule has 1 aromatic heterocycles. The van der Waals surface area contributed by atoms with E-state index in [4.69, 9.17) is 0 Å². The Hall–Kier alpha value is -1.88. The summed E-state index contributed by atoms with van der Waals surface area (Å²) in [6.45, 7) is 1.96. The molecule has 92 valence electrons. The quantitative estimate of drug-likeness (QED) is 0.896. The van der Waals surface area contributed by atoms with Gasteiger partial charge in [-0.05, 0) is 52.7 Å². The maximum absolute atomic E-state index is 11.9. The van der Waals surface area contributed by atoms with Crippen molar-refractivity contribution in [3.05, 3.63) is 52.3 Å². The van der Waals surface area contributed by atoms with Crippen LogP contribution in [0.5, 0.6) is 5.75 Å². The molecule has 18 heavy (non-hydrogen) atoms. The van der Waals surface area contributed by atoms with Crippen LogP contribution in [0.2, 0.25) is 0 Å². The molecule has 0 spiro atoms. The first-order valence-corrected chi connectivity index (χ1v) is 6.08. The Balaban J connectivity index is 2.24. The van der Waals surface area contributed by atoms with Gasteiger partial charge in [0, 0.05) is 10.7 Å². The number of hydrogen-bond acceptors (Lipinski definition) is 3. The number of rotatable bonds is 2. The smallest absolute Gasteiger partial charge is 0.278 e. The predicted molar refractivity (Wildman–Crippen MR) is 72.7 cm³/mol. The molecular formula is C13H11BrN2O2. The highest BCUT2D eigenvalue weighted by Crippen LogP contribution is 2.24. The summed E-state index contributed by atoms with van der Waals surface area (Å²) in [4.78, 5) is 15.8. The van der Waals surface area contributed by atoms with Crippen LogP contribution in [-0.2, 0) is 0 Å². The third kappa shape index (κ3) is 2.68. The van der Waals surface area contributed by atoms with Crippen LogP contribution in [0.25, 0.3) is 0 Å². The van der Waals surface area contributed by atoms with Crippen LogP contribution >= 0.6 is 15.9 Å². The molecule has 0 atom stereocenters. The van der Waals surface area contributed by atoms with E-state index in [2.05, 4.69) is 26.2 Å². The first kappa shape index (κ1) is 12.6. The van der Waals surface area contributed by atoms with Crippen molar-refractivity contribution >= 4 is 27.5 Å². The molecular weight excluding hydrogens is 296 g/mol. The first-order chi connectivity index (χ1) is 8.58. The van der Waals surface area contributed by atoms with Gasteiger partial charge in [0.15, 0.2) is 5.69 Å². The number of anilines is 1. The molecule has 1 heterocycles. The number of carbonyl (C=O) groups is 1. The van der Waals surface area contributed by atoms with E-state index in [0.717, 1.165) is 10.0 Å². The number of aromatic hydroxyl groups is 1. The maximum atomic E-state index is 11.9. The van der Waals surface area contributed by atoms with Gasteiger partial charge in [0.25, 0.3) is 5.91 Å². The summed E-state index contributed by atoms with van der Waals surface area (Å²) < 4.78 is 0.784. The van der Waals surface area contributed by atoms with Crippen molar-refractivity contribution in [1.82, 2.24) is 4.98 Å². The third-order valence-electron chi connectivity index (χ3n) is 2.37. The Morgan fingerprint density at radius 1 is 1.39 bits per heavy atom. The molecule has 0 fully saturated rings. The molecule has 0 saturated heterocycles. The Kier molecular flexibility index (Phi) is 3.62. The van der Waals surface area contributed by atoms with Crippen LogP contribution < -0.4 is 5.32 Å². The van der Waals surface area contributed by atoms with Gasteiger partial charge in [0.2, 0.25) is 0 Å². The van der Waals surface area contributed by atoms with Crippen LogP contribution in [0.1, 0.15) is 16.1 Å². The number of hydrogen-bond donors (Lipinski definition) is 2. The van der Waals surface area contributed by atoms with E-state index in [0.29, 0.717) is 5.69 Å². The van der Waals surface area contributed by atoms with E-state index in [1.54, 1.807) is 12.1 Å². The second-order valence-corrected chi connectivity index (χ2v) is 4.66. The van der Waals surface area contributed by atoms with Gasteiger partial charge in [0.05, 0.1) is 5.69 Å². The van der Waals surface area contributed by atoms with Gasteiger partial charge in [-0.25, -0.2) is 4.98 Å². The van der Waals surface area contributed by atoms with Crippen LogP contribution in [0.4, 0.5) is 5.69 Å². The second kappa shape index (κ2) is 5.18. The highest BCUT2D eigenvalue weighted by molar-refractivity contribution is 9.10. The monoisotopic (exact) mass is 306 g/mol. The summed E-state index contributed by atoms with van der Waals surface area (Å²) >= 11 is 3.37. The minimum atomic E-state index is -0.447. The van der Waals surface area contributed by atoms with Gasteiger partial charge < -0.3 is 10.4 Å². The van der Waals surface area contributed by atoms with Crippen molar-refractivity contribution in [3.63, 3.8) is 0 Å². The SMILES string of the molecule is Cc1ccc(NC(=O)c2ncccc2O)c(Br)c1. The van der Waals surface area contributed by atoms with Gasteiger partial charge in [0.1, 0.15) is 5.75 Å². The van der Waals surface area contributed by atoms with Crippen molar-refractivity contribution in [2.24, 2.45) is 0 Å². The fourth-order valence-electron chi connectivity index (χ4n) is 1.47. The first-order valence-electron chi connectivity index (χ1n) is 5.29. The van der Waals surface area contributed by atoms with E-state index < -0.39 is 5.91 Å². The van der Waals surface area contributed by atoms with Gasteiger partial charge in [-0.1, -0.05) is 6.07 Å². The molecule has 2 aromatic rings. The largest absolute Gasteiger partial charge is 0.505 e. The molecule has 5 heteroatoms. The summed E-state index contributed by atoms with van der Waals surface area (Å²) in [5.74, 6) is -0.587. The van der Waals surface area contributed by atoms with Crippen molar-refractivity contribution in [3.8, 4) is 5.75 Å². The molecule has 0 saturated carbocycles. The van der Waals surface area contributed by atoms with Crippen LogP contribution in [0.3, 0.4) is 0 Å². The summed E-state index contributed by atoms with van der Waals surface area (Å²) in [7, 11) is 0. The Labute approximate surface area is 113 Å². The number of halogens is 1. The van der Waals surface area contributed by atoms with Crippen LogP contribution in [0.15, 0.2) is 41.0 Å². The van der Waals surface area contributed by atoms with Crippen LogP contribution in [-0.4, -0.2) is 16.0 Å². The Morgan fingerprint density at radius 2 is 2.17 bits per heavy atom. The topological polar surface area (TPSA) is 62.2 Å². The average Bonchev–Trinajstić information content (AvgIpc) is 2.33. The summed E-state index contributed by atoms with van der Waals surface area (Å²) in [5.41, 5.74) is 1.72. The lowest BCUT2D eigenvalue weighted by molar-refractivity contribution is 0.101. The molecule has 0 bridgehead atoms. The van der Waals surface area contributed by atoms with Crippen molar-refractivity contribution < 1.29 is 9.90 Å². The maximum Gasteiger partial charge on any atom is 0.278 e. The van der Waals surface area contributed by atoms with Crippen molar-refractivity contribution in [1.29, 1.82) is 0 Å². The van der Waals surface area contributed by atoms with E-state index in [1.165, 1.54) is 12.3 Å². The molecule has 0 aliphatic heterocycles. The predicted octanol–water partition coefficient (Wildman–Crippen LogP) is 3.11. The number of carbonyl (C=O) groups excluding carboxylic acids is 1. The van der Waals surface area contributed by atoms with Crippen molar-refractivity contribution in [2.45, 2.75) is 6.92 Å². The number of nitrogens with zero attached hydrogens (tertiary/aromatic N) is 1. The molecule has 0 aliphatic carbocycles. The zero-order valence-electron chi connectivity index (χ0n) is 9.64. The highest BCUT2D eigenvalue weighted by atomic mass is 79.9. The number of aromatic nitrogens is 1. The number of benzene rings is 1. The van der Waals surface area contributed by atoms with E-state index in [1.807, 2.05) is 19.1 Å². The molecule has 1 amide bonds. The van der Waals surface area contributed by atoms with Crippen LogP contribution in [0, 0.1) is 6.92 Å². The standard InChI is InChI=1S/C13H11BrN2O2/c1-8-4-5-10(9(14)7-8)16-13(18)12-11(17)3-2-6-15-12/h2-7,17H,1H3,(H,16,18). The highest BCUT2D eigenvalue weighted by Gasteiger charge is 2.13. The lowest BCUT2D eigenvalue weighted by Gasteiger charge is -2.08. The fourth-order valence-corrected chi connectivity index (χ4v) is 2.07. The van der Waals surface area contributed by atoms with Gasteiger partial charge in [-0.2, -0.15) is 0 Å². The summed E-state index contributed by atoms with van der Waals surface area (Å²) in [6.07, 6.45) is 1.46. The molecule has 0 aliphatic rings. The number of nitrogens with one attached hydrogen (secondary N) is 1. The van der Waals surface area contributed by atoms with Gasteiger partial charge >= 0.3 is 0 Å². The minimum absolute atomic E-state index is 0.00461. The molecule has 2 rings (SSSR count). The molecule has 2 N–H and O–H groups in total. The molecule has 0 unspecified atom stereocenters. The summed E-state index contributed by atoms with van der Waals surface area (Å²) in [6, 6.07) is 8.56. The van der Waals surface area contributed by atoms with E-state index >= 15 is 0 Å². The molecule has 4 nitrogen and oxygen atoms in total. The van der Waals surface area contributed by atoms with Gasteiger partial charge in [-0.15, -0.1) is 0 Å². The number of pyridine rings is 1.